The van der Waals surface area contributed by atoms with E-state index in [9.17, 15) is 0 Å². The summed E-state index contributed by atoms with van der Waals surface area (Å²) >= 11 is 0. The first kappa shape index (κ1) is 10.9. The van der Waals surface area contributed by atoms with E-state index >= 15 is 0 Å². The van der Waals surface area contributed by atoms with Crippen LogP contribution in [0.2, 0.25) is 0 Å². The summed E-state index contributed by atoms with van der Waals surface area (Å²) in [7, 11) is 0. The zero-order valence-electron chi connectivity index (χ0n) is 9.77. The van der Waals surface area contributed by atoms with Crippen molar-refractivity contribution >= 4 is 0 Å². The summed E-state index contributed by atoms with van der Waals surface area (Å²) in [6.07, 6.45) is 1.80. The van der Waals surface area contributed by atoms with Gasteiger partial charge in [-0.2, -0.15) is 5.10 Å². The van der Waals surface area contributed by atoms with E-state index in [4.69, 9.17) is 5.73 Å². The van der Waals surface area contributed by atoms with Gasteiger partial charge in [-0.3, -0.25) is 4.68 Å². The highest BCUT2D eigenvalue weighted by atomic mass is 15.3. The summed E-state index contributed by atoms with van der Waals surface area (Å²) in [5, 5.41) is 4.29. The predicted octanol–water partition coefficient (Wildman–Crippen LogP) is 2.01. The van der Waals surface area contributed by atoms with Gasteiger partial charge in [0, 0.05) is 12.7 Å². The molecule has 0 amide bonds. The van der Waals surface area contributed by atoms with E-state index in [2.05, 4.69) is 37.1 Å². The highest BCUT2D eigenvalue weighted by Gasteiger charge is 2.04. The third-order valence-electron chi connectivity index (χ3n) is 2.84. The Bertz CT molecular complexity index is 486. The normalized spacial score (nSPS) is 10.7. The van der Waals surface area contributed by atoms with Crippen molar-refractivity contribution in [3.63, 3.8) is 0 Å². The Morgan fingerprint density at radius 1 is 1.25 bits per heavy atom. The van der Waals surface area contributed by atoms with E-state index < -0.39 is 0 Å². The molecule has 2 N–H and O–H groups in total. The average Bonchev–Trinajstić information content (AvgIpc) is 2.71. The molecule has 2 rings (SSSR count). The monoisotopic (exact) mass is 215 g/mol. The summed E-state index contributed by atoms with van der Waals surface area (Å²) in [6, 6.07) is 8.45. The van der Waals surface area contributed by atoms with Gasteiger partial charge >= 0.3 is 0 Å². The van der Waals surface area contributed by atoms with E-state index in [1.165, 1.54) is 16.7 Å². The molecule has 0 saturated heterocycles. The molecule has 1 aromatic carbocycles. The van der Waals surface area contributed by atoms with Gasteiger partial charge in [-0.1, -0.05) is 23.8 Å². The van der Waals surface area contributed by atoms with E-state index in [1.54, 1.807) is 6.20 Å². The summed E-state index contributed by atoms with van der Waals surface area (Å²) < 4.78 is 1.96. The number of benzene rings is 1. The molecule has 0 unspecified atom stereocenters. The van der Waals surface area contributed by atoms with Gasteiger partial charge < -0.3 is 5.73 Å². The molecule has 0 atom stereocenters. The van der Waals surface area contributed by atoms with E-state index in [1.807, 2.05) is 10.7 Å². The number of hydrogen-bond acceptors (Lipinski definition) is 2. The van der Waals surface area contributed by atoms with Gasteiger partial charge in [-0.25, -0.2) is 0 Å². The van der Waals surface area contributed by atoms with Crippen molar-refractivity contribution in [2.45, 2.75) is 26.9 Å². The second-order valence-corrected chi connectivity index (χ2v) is 4.11. The van der Waals surface area contributed by atoms with Gasteiger partial charge in [-0.05, 0) is 31.0 Å². The molecule has 3 heteroatoms. The van der Waals surface area contributed by atoms with Crippen molar-refractivity contribution in [1.29, 1.82) is 0 Å². The first-order valence-corrected chi connectivity index (χ1v) is 5.47. The maximum atomic E-state index is 5.66. The molecule has 3 nitrogen and oxygen atoms in total. The lowest BCUT2D eigenvalue weighted by Crippen LogP contribution is -2.10. The number of aromatic nitrogens is 2. The van der Waals surface area contributed by atoms with Gasteiger partial charge in [0.25, 0.3) is 0 Å². The third-order valence-corrected chi connectivity index (χ3v) is 2.84. The molecule has 0 fully saturated rings. The number of aryl methyl sites for hydroxylation is 2. The molecule has 0 radical (unpaired) electrons. The lowest BCUT2D eigenvalue weighted by atomic mass is 10.1. The quantitative estimate of drug-likeness (QED) is 0.851. The number of hydrogen-bond donors (Lipinski definition) is 1. The van der Waals surface area contributed by atoms with Crippen molar-refractivity contribution in [3.8, 4) is 0 Å². The summed E-state index contributed by atoms with van der Waals surface area (Å²) in [5.74, 6) is 0. The van der Waals surface area contributed by atoms with Gasteiger partial charge in [0.1, 0.15) is 0 Å². The fourth-order valence-corrected chi connectivity index (χ4v) is 1.81. The van der Waals surface area contributed by atoms with E-state index in [-0.39, 0.29) is 0 Å². The van der Waals surface area contributed by atoms with Crippen molar-refractivity contribution in [3.05, 3.63) is 52.8 Å². The summed E-state index contributed by atoms with van der Waals surface area (Å²) in [4.78, 5) is 0. The zero-order chi connectivity index (χ0) is 11.5. The highest BCUT2D eigenvalue weighted by molar-refractivity contribution is 5.30. The third kappa shape index (κ3) is 2.14. The molecule has 84 valence electrons. The van der Waals surface area contributed by atoms with Crippen LogP contribution in [0.4, 0.5) is 0 Å². The number of rotatable bonds is 3. The average molecular weight is 215 g/mol. The second-order valence-electron chi connectivity index (χ2n) is 4.11. The minimum atomic E-state index is 0.533. The van der Waals surface area contributed by atoms with Crippen LogP contribution in [-0.2, 0) is 13.1 Å². The van der Waals surface area contributed by atoms with E-state index in [0.29, 0.717) is 6.54 Å². The van der Waals surface area contributed by atoms with Gasteiger partial charge in [0.2, 0.25) is 0 Å². The Morgan fingerprint density at radius 2 is 2.06 bits per heavy atom. The van der Waals surface area contributed by atoms with Crippen molar-refractivity contribution < 1.29 is 0 Å². The van der Waals surface area contributed by atoms with Crippen LogP contribution in [-0.4, -0.2) is 9.78 Å². The van der Waals surface area contributed by atoms with Crippen LogP contribution in [0, 0.1) is 13.8 Å². The first-order chi connectivity index (χ1) is 7.70. The molecule has 0 bridgehead atoms. The van der Waals surface area contributed by atoms with E-state index in [0.717, 1.165) is 12.2 Å². The van der Waals surface area contributed by atoms with Gasteiger partial charge in [-0.15, -0.1) is 0 Å². The smallest absolute Gasteiger partial charge is 0.0665 e. The Morgan fingerprint density at radius 3 is 2.81 bits per heavy atom. The lowest BCUT2D eigenvalue weighted by Gasteiger charge is -2.09. The molecule has 0 spiro atoms. The fourth-order valence-electron chi connectivity index (χ4n) is 1.81. The Labute approximate surface area is 95.9 Å². The highest BCUT2D eigenvalue weighted by Crippen LogP contribution is 2.13. The maximum Gasteiger partial charge on any atom is 0.0665 e. The minimum absolute atomic E-state index is 0.533. The van der Waals surface area contributed by atoms with Crippen molar-refractivity contribution in [1.82, 2.24) is 9.78 Å². The number of nitrogens with two attached hydrogens (primary N) is 1. The molecular formula is C13H17N3. The fraction of sp³-hybridized carbons (Fsp3) is 0.308. The van der Waals surface area contributed by atoms with Crippen LogP contribution in [0.5, 0.6) is 0 Å². The maximum absolute atomic E-state index is 5.66. The van der Waals surface area contributed by atoms with Crippen LogP contribution < -0.4 is 5.73 Å². The number of nitrogens with zero attached hydrogens (tertiary/aromatic N) is 2. The molecule has 0 aliphatic carbocycles. The molecule has 2 aromatic rings. The van der Waals surface area contributed by atoms with Gasteiger partial charge in [0.15, 0.2) is 0 Å². The van der Waals surface area contributed by atoms with Crippen LogP contribution in [0.1, 0.15) is 22.4 Å². The summed E-state index contributed by atoms with van der Waals surface area (Å²) in [5.41, 5.74) is 10.6. The van der Waals surface area contributed by atoms with Gasteiger partial charge in [0.05, 0.1) is 12.2 Å². The summed E-state index contributed by atoms with van der Waals surface area (Å²) in [6.45, 7) is 5.56. The SMILES string of the molecule is Cc1ccc(C)c(Cn2nccc2CN)c1. The standard InChI is InChI=1S/C13H17N3/c1-10-3-4-11(2)12(7-10)9-16-13(8-14)5-6-15-16/h3-7H,8-9,14H2,1-2H3. The first-order valence-electron chi connectivity index (χ1n) is 5.47. The second kappa shape index (κ2) is 4.49. The molecule has 1 aromatic heterocycles. The molecule has 0 aliphatic heterocycles. The Balaban J connectivity index is 2.30. The van der Waals surface area contributed by atoms with Crippen molar-refractivity contribution in [2.24, 2.45) is 5.73 Å². The zero-order valence-corrected chi connectivity index (χ0v) is 9.77. The van der Waals surface area contributed by atoms with Crippen molar-refractivity contribution in [2.75, 3.05) is 0 Å². The molecule has 0 saturated carbocycles. The van der Waals surface area contributed by atoms with Crippen LogP contribution in [0.25, 0.3) is 0 Å². The molecule has 16 heavy (non-hydrogen) atoms. The van der Waals surface area contributed by atoms with Crippen LogP contribution in [0.3, 0.4) is 0 Å². The predicted molar refractivity (Wildman–Crippen MR) is 65.1 cm³/mol. The molecule has 1 heterocycles. The lowest BCUT2D eigenvalue weighted by molar-refractivity contribution is 0.643. The van der Waals surface area contributed by atoms with Crippen LogP contribution >= 0.6 is 0 Å². The Kier molecular flexibility index (Phi) is 3.06. The minimum Gasteiger partial charge on any atom is -0.325 e. The van der Waals surface area contributed by atoms with Crippen LogP contribution in [0.15, 0.2) is 30.5 Å². The topological polar surface area (TPSA) is 43.8 Å². The Hall–Kier alpha value is -1.61. The largest absolute Gasteiger partial charge is 0.325 e. The molecule has 0 aliphatic rings. The molecular weight excluding hydrogens is 198 g/mol.